The van der Waals surface area contributed by atoms with E-state index in [9.17, 15) is 14.4 Å². The number of nitrogens with zero attached hydrogens (tertiary/aromatic N) is 2. The summed E-state index contributed by atoms with van der Waals surface area (Å²) >= 11 is 12.0. The molecule has 0 saturated carbocycles. The van der Waals surface area contributed by atoms with Crippen LogP contribution in [0.15, 0.2) is 48.5 Å². The maximum absolute atomic E-state index is 13.0. The molecule has 2 aromatic carbocycles. The van der Waals surface area contributed by atoms with Gasteiger partial charge in [-0.05, 0) is 29.8 Å². The van der Waals surface area contributed by atoms with E-state index in [-0.39, 0.29) is 30.0 Å². The molecule has 1 aliphatic rings. The first-order valence-electron chi connectivity index (χ1n) is 7.64. The van der Waals surface area contributed by atoms with Gasteiger partial charge in [0, 0.05) is 17.9 Å². The molecular weight excluding hydrogens is 363 g/mol. The highest BCUT2D eigenvalue weighted by molar-refractivity contribution is 6.33. The van der Waals surface area contributed by atoms with Gasteiger partial charge >= 0.3 is 0 Å². The number of hydrogen-bond donors (Lipinski definition) is 0. The third-order valence-electron chi connectivity index (χ3n) is 3.85. The standard InChI is InChI=1S/C18H14Cl2N2O3/c19-13-7-5-12(6-8-13)11-21(22-16(23)9-10-17(22)24)18(25)14-3-1-2-4-15(14)20/h1-8H,9-11H2. The van der Waals surface area contributed by atoms with Gasteiger partial charge in [-0.25, -0.2) is 5.01 Å². The summed E-state index contributed by atoms with van der Waals surface area (Å²) in [7, 11) is 0. The maximum Gasteiger partial charge on any atom is 0.274 e. The first kappa shape index (κ1) is 17.5. The van der Waals surface area contributed by atoms with Gasteiger partial charge in [0.2, 0.25) is 11.8 Å². The Bertz CT molecular complexity index is 820. The van der Waals surface area contributed by atoms with Crippen molar-refractivity contribution in [2.45, 2.75) is 19.4 Å². The molecule has 0 aromatic heterocycles. The van der Waals surface area contributed by atoms with E-state index in [0.29, 0.717) is 5.02 Å². The van der Waals surface area contributed by atoms with Crippen LogP contribution in [0.3, 0.4) is 0 Å². The molecule has 128 valence electrons. The van der Waals surface area contributed by atoms with Gasteiger partial charge in [0.25, 0.3) is 5.91 Å². The van der Waals surface area contributed by atoms with Crippen LogP contribution in [0.2, 0.25) is 10.0 Å². The smallest absolute Gasteiger partial charge is 0.273 e. The fraction of sp³-hybridized carbons (Fsp3) is 0.167. The van der Waals surface area contributed by atoms with Crippen molar-refractivity contribution in [1.29, 1.82) is 0 Å². The van der Waals surface area contributed by atoms with Gasteiger partial charge in [-0.15, -0.1) is 0 Å². The zero-order chi connectivity index (χ0) is 18.0. The molecule has 0 spiro atoms. The van der Waals surface area contributed by atoms with Crippen LogP contribution in [0.4, 0.5) is 0 Å². The molecule has 1 aliphatic heterocycles. The number of rotatable bonds is 4. The van der Waals surface area contributed by atoms with E-state index in [1.807, 2.05) is 0 Å². The zero-order valence-corrected chi connectivity index (χ0v) is 14.6. The highest BCUT2D eigenvalue weighted by Crippen LogP contribution is 2.24. The SMILES string of the molecule is O=C(c1ccccc1Cl)N(Cc1ccc(Cl)cc1)N1C(=O)CCC1=O. The van der Waals surface area contributed by atoms with Crippen LogP contribution in [-0.4, -0.2) is 27.7 Å². The maximum atomic E-state index is 13.0. The van der Waals surface area contributed by atoms with Crippen molar-refractivity contribution < 1.29 is 14.4 Å². The summed E-state index contributed by atoms with van der Waals surface area (Å²) in [6, 6.07) is 13.4. The second-order valence-corrected chi connectivity index (χ2v) is 6.41. The van der Waals surface area contributed by atoms with Crippen LogP contribution in [0.5, 0.6) is 0 Å². The Balaban J connectivity index is 1.98. The van der Waals surface area contributed by atoms with Gasteiger partial charge in [0.15, 0.2) is 0 Å². The number of carbonyl (C=O) groups excluding carboxylic acids is 3. The van der Waals surface area contributed by atoms with Crippen LogP contribution in [0, 0.1) is 0 Å². The molecule has 5 nitrogen and oxygen atoms in total. The van der Waals surface area contributed by atoms with Crippen LogP contribution in [-0.2, 0) is 16.1 Å². The first-order valence-corrected chi connectivity index (χ1v) is 8.39. The minimum absolute atomic E-state index is 0.0543. The number of hydrazine groups is 1. The fourth-order valence-corrected chi connectivity index (χ4v) is 2.95. The van der Waals surface area contributed by atoms with Gasteiger partial charge in [-0.1, -0.05) is 47.5 Å². The van der Waals surface area contributed by atoms with E-state index in [0.717, 1.165) is 15.6 Å². The van der Waals surface area contributed by atoms with Gasteiger partial charge in [-0.2, -0.15) is 5.01 Å². The van der Waals surface area contributed by atoms with Crippen molar-refractivity contribution in [1.82, 2.24) is 10.0 Å². The molecule has 2 aromatic rings. The van der Waals surface area contributed by atoms with Crippen molar-refractivity contribution in [3.8, 4) is 0 Å². The lowest BCUT2D eigenvalue weighted by Crippen LogP contribution is -2.49. The Morgan fingerprint density at radius 1 is 0.960 bits per heavy atom. The molecule has 0 N–H and O–H groups in total. The predicted molar refractivity (Wildman–Crippen MR) is 93.9 cm³/mol. The lowest BCUT2D eigenvalue weighted by molar-refractivity contribution is -0.153. The molecule has 3 rings (SSSR count). The van der Waals surface area contributed by atoms with Crippen molar-refractivity contribution in [3.05, 3.63) is 69.7 Å². The Labute approximate surface area is 154 Å². The quantitative estimate of drug-likeness (QED) is 0.764. The summed E-state index contributed by atoms with van der Waals surface area (Å²) in [5.41, 5.74) is 0.961. The minimum atomic E-state index is -0.510. The number of halogens is 2. The molecule has 0 atom stereocenters. The second-order valence-electron chi connectivity index (χ2n) is 5.57. The van der Waals surface area contributed by atoms with Crippen LogP contribution < -0.4 is 0 Å². The topological polar surface area (TPSA) is 57.7 Å². The van der Waals surface area contributed by atoms with Crippen molar-refractivity contribution in [2.75, 3.05) is 0 Å². The third-order valence-corrected chi connectivity index (χ3v) is 4.43. The number of benzene rings is 2. The average molecular weight is 377 g/mol. The summed E-state index contributed by atoms with van der Waals surface area (Å²) in [5, 5.41) is 2.87. The molecule has 1 saturated heterocycles. The molecule has 0 radical (unpaired) electrons. The number of amides is 3. The molecule has 7 heteroatoms. The number of hydrogen-bond acceptors (Lipinski definition) is 3. The summed E-state index contributed by atoms with van der Waals surface area (Å²) in [4.78, 5) is 37.3. The molecule has 25 heavy (non-hydrogen) atoms. The Morgan fingerprint density at radius 3 is 2.16 bits per heavy atom. The average Bonchev–Trinajstić information content (AvgIpc) is 2.93. The molecule has 1 heterocycles. The monoisotopic (exact) mass is 376 g/mol. The highest BCUT2D eigenvalue weighted by atomic mass is 35.5. The summed E-state index contributed by atoms with van der Waals surface area (Å²) < 4.78 is 0. The van der Waals surface area contributed by atoms with Crippen molar-refractivity contribution >= 4 is 40.9 Å². The van der Waals surface area contributed by atoms with Crippen LogP contribution in [0.1, 0.15) is 28.8 Å². The Hall–Kier alpha value is -2.37. The second kappa shape index (κ2) is 7.25. The van der Waals surface area contributed by atoms with Gasteiger partial charge in [-0.3, -0.25) is 14.4 Å². The lowest BCUT2D eigenvalue weighted by atomic mass is 10.2. The van der Waals surface area contributed by atoms with E-state index >= 15 is 0 Å². The van der Waals surface area contributed by atoms with Crippen molar-refractivity contribution in [3.63, 3.8) is 0 Å². The molecular formula is C18H14Cl2N2O3. The van der Waals surface area contributed by atoms with Gasteiger partial charge in [0.1, 0.15) is 0 Å². The van der Waals surface area contributed by atoms with E-state index < -0.39 is 17.7 Å². The Morgan fingerprint density at radius 2 is 1.56 bits per heavy atom. The van der Waals surface area contributed by atoms with E-state index in [4.69, 9.17) is 23.2 Å². The van der Waals surface area contributed by atoms with Crippen molar-refractivity contribution in [2.24, 2.45) is 0 Å². The largest absolute Gasteiger partial charge is 0.274 e. The molecule has 0 aliphatic carbocycles. The molecule has 0 bridgehead atoms. The third kappa shape index (κ3) is 3.67. The zero-order valence-electron chi connectivity index (χ0n) is 13.1. The first-order chi connectivity index (χ1) is 12.0. The number of imide groups is 1. The fourth-order valence-electron chi connectivity index (χ4n) is 2.60. The summed E-state index contributed by atoms with van der Waals surface area (Å²) in [6.07, 6.45) is 0.178. The highest BCUT2D eigenvalue weighted by Gasteiger charge is 2.37. The summed E-state index contributed by atoms with van der Waals surface area (Å²) in [6.45, 7) is 0.0543. The molecule has 3 amide bonds. The van der Waals surface area contributed by atoms with Crippen LogP contribution in [0.25, 0.3) is 0 Å². The summed E-state index contributed by atoms with van der Waals surface area (Å²) in [5.74, 6) is -1.32. The number of carbonyl (C=O) groups is 3. The van der Waals surface area contributed by atoms with E-state index in [1.54, 1.807) is 48.5 Å². The molecule has 0 unspecified atom stereocenters. The van der Waals surface area contributed by atoms with E-state index in [1.165, 1.54) is 0 Å². The predicted octanol–water partition coefficient (Wildman–Crippen LogP) is 3.70. The Kier molecular flexibility index (Phi) is 5.06. The molecule has 1 fully saturated rings. The lowest BCUT2D eigenvalue weighted by Gasteiger charge is -2.30. The van der Waals surface area contributed by atoms with E-state index in [2.05, 4.69) is 0 Å². The van der Waals surface area contributed by atoms with Gasteiger partial charge in [0.05, 0.1) is 17.1 Å². The normalized spacial score (nSPS) is 14.1. The minimum Gasteiger partial charge on any atom is -0.273 e. The van der Waals surface area contributed by atoms with Gasteiger partial charge < -0.3 is 0 Å². The van der Waals surface area contributed by atoms with Crippen LogP contribution >= 0.6 is 23.2 Å².